The van der Waals surface area contributed by atoms with E-state index in [1.54, 1.807) is 19.9 Å². The van der Waals surface area contributed by atoms with E-state index in [1.807, 2.05) is 0 Å². The molecule has 36 heavy (non-hydrogen) atoms. The molecular weight excluding hydrogens is 531 g/mol. The van der Waals surface area contributed by atoms with Crippen molar-refractivity contribution in [2.75, 3.05) is 16.3 Å². The molecule has 14 heteroatoms. The van der Waals surface area contributed by atoms with Crippen LogP contribution in [0.15, 0.2) is 36.9 Å². The molecule has 0 aliphatic heterocycles. The second-order valence-corrected chi connectivity index (χ2v) is 11.3. The lowest BCUT2D eigenvalue weighted by Gasteiger charge is -2.25. The molecule has 2 aromatic carbocycles. The van der Waals surface area contributed by atoms with Crippen LogP contribution in [0.4, 0.5) is 15.9 Å². The van der Waals surface area contributed by atoms with Gasteiger partial charge in [-0.1, -0.05) is 17.7 Å². The van der Waals surface area contributed by atoms with Crippen molar-refractivity contribution in [3.05, 3.63) is 64.5 Å². The number of halogens is 2. The van der Waals surface area contributed by atoms with Gasteiger partial charge in [-0.15, -0.1) is 0 Å². The van der Waals surface area contributed by atoms with E-state index in [0.29, 0.717) is 39.2 Å². The van der Waals surface area contributed by atoms with Crippen LogP contribution in [0.2, 0.25) is 5.02 Å². The Hall–Kier alpha value is -3.29. The van der Waals surface area contributed by atoms with Gasteiger partial charge in [0.15, 0.2) is 11.5 Å². The lowest BCUT2D eigenvalue weighted by atomic mass is 9.89. The molecule has 0 amide bonds. The average Bonchev–Trinajstić information content (AvgIpc) is 3.27. The highest BCUT2D eigenvalue weighted by molar-refractivity contribution is 7.92. The van der Waals surface area contributed by atoms with Gasteiger partial charge in [0.2, 0.25) is 10.0 Å². The van der Waals surface area contributed by atoms with Crippen LogP contribution in [0.1, 0.15) is 29.7 Å². The molecule has 190 valence electrons. The number of benzene rings is 2. The Balaban J connectivity index is 1.99. The fraction of sp³-hybridized carbons (Fsp3) is 0.227. The highest BCUT2D eigenvalue weighted by atomic mass is 35.5. The van der Waals surface area contributed by atoms with Gasteiger partial charge in [-0.25, -0.2) is 36.2 Å². The maximum Gasteiger partial charge on any atom is 0.229 e. The van der Waals surface area contributed by atoms with Crippen LogP contribution in [-0.4, -0.2) is 43.0 Å². The van der Waals surface area contributed by atoms with Crippen molar-refractivity contribution in [3.8, 4) is 11.1 Å². The molecule has 3 N–H and O–H groups in total. The van der Waals surface area contributed by atoms with Crippen molar-refractivity contribution >= 4 is 55.0 Å². The number of anilines is 2. The van der Waals surface area contributed by atoms with Crippen molar-refractivity contribution in [1.29, 1.82) is 0 Å². The molecule has 2 aromatic heterocycles. The molecule has 4 rings (SSSR count). The predicted molar refractivity (Wildman–Crippen MR) is 138 cm³/mol. The van der Waals surface area contributed by atoms with E-state index in [0.717, 1.165) is 12.3 Å². The summed E-state index contributed by atoms with van der Waals surface area (Å²) in [5.41, 5.74) is 2.79. The van der Waals surface area contributed by atoms with Crippen LogP contribution in [0.3, 0.4) is 0 Å². The number of aromatic nitrogens is 4. The van der Waals surface area contributed by atoms with Gasteiger partial charge < -0.3 is 10.3 Å². The fourth-order valence-electron chi connectivity index (χ4n) is 3.92. The Bertz CT molecular complexity index is 1650. The number of hydrogen-bond acceptors (Lipinski definition) is 8. The number of imidazole rings is 1. The number of nitrogens with one attached hydrogen (secondary N) is 3. The molecule has 0 aliphatic carbocycles. The average molecular weight is 553 g/mol. The number of fused-ring (bicyclic) bond motifs is 1. The van der Waals surface area contributed by atoms with E-state index >= 15 is 0 Å². The summed E-state index contributed by atoms with van der Waals surface area (Å²) in [4.78, 5) is 15.5. The lowest BCUT2D eigenvalue weighted by molar-refractivity contribution is 0.606. The summed E-state index contributed by atoms with van der Waals surface area (Å²) >= 11 is 6.51. The quantitative estimate of drug-likeness (QED) is 0.241. The van der Waals surface area contributed by atoms with Gasteiger partial charge in [-0.05, 0) is 54.3 Å². The third kappa shape index (κ3) is 5.42. The third-order valence-electron chi connectivity index (χ3n) is 5.52. The van der Waals surface area contributed by atoms with Crippen molar-refractivity contribution in [2.24, 2.45) is 0 Å². The van der Waals surface area contributed by atoms with Crippen LogP contribution in [0.5, 0.6) is 0 Å². The second-order valence-electron chi connectivity index (χ2n) is 8.18. The van der Waals surface area contributed by atoms with Crippen LogP contribution in [0.25, 0.3) is 22.3 Å². The van der Waals surface area contributed by atoms with Crippen LogP contribution in [0, 0.1) is 12.7 Å². The van der Waals surface area contributed by atoms with Gasteiger partial charge in [0, 0.05) is 10.6 Å². The van der Waals surface area contributed by atoms with Gasteiger partial charge in [0.05, 0.1) is 30.1 Å². The number of aromatic amines is 1. The number of nitrogens with zero attached hydrogens (tertiary/aromatic N) is 3. The molecule has 0 spiro atoms. The maximum atomic E-state index is 14.5. The minimum Gasteiger partial charge on any atom is -0.362 e. The topological polar surface area (TPSA) is 147 Å². The summed E-state index contributed by atoms with van der Waals surface area (Å²) in [6.45, 7) is 3.40. The van der Waals surface area contributed by atoms with Gasteiger partial charge >= 0.3 is 0 Å². The van der Waals surface area contributed by atoms with Crippen molar-refractivity contribution in [3.63, 3.8) is 0 Å². The first-order valence-corrected chi connectivity index (χ1v) is 14.2. The van der Waals surface area contributed by atoms with Crippen LogP contribution in [-0.2, 0) is 26.5 Å². The van der Waals surface area contributed by atoms with Crippen LogP contribution < -0.4 is 10.0 Å². The SMILES string of the molecule is Cc1c(Cl)cc(C(C)Nc2ncnc3[nH]cnc23)c(-c2cc(F)ccc2C[SH](=O)=O)c1NS(C)(=O)=O. The first kappa shape index (κ1) is 25.8. The summed E-state index contributed by atoms with van der Waals surface area (Å²) < 4.78 is 64.8. The number of sulfonamides is 1. The van der Waals surface area contributed by atoms with Gasteiger partial charge in [0.25, 0.3) is 0 Å². The minimum atomic E-state index is -3.79. The van der Waals surface area contributed by atoms with E-state index in [4.69, 9.17) is 11.6 Å². The highest BCUT2D eigenvalue weighted by Gasteiger charge is 2.25. The zero-order chi connectivity index (χ0) is 26.2. The number of hydrogen-bond donors (Lipinski definition) is 4. The van der Waals surface area contributed by atoms with Crippen molar-refractivity contribution in [1.82, 2.24) is 19.9 Å². The van der Waals surface area contributed by atoms with Crippen LogP contribution >= 0.6 is 11.6 Å². The van der Waals surface area contributed by atoms with E-state index in [1.165, 1.54) is 24.8 Å². The largest absolute Gasteiger partial charge is 0.362 e. The third-order valence-corrected chi connectivity index (χ3v) is 7.09. The first-order valence-electron chi connectivity index (χ1n) is 10.6. The standard InChI is InChI=1S/C22H22ClFN6O4S2/c1-11-17(23)7-15(12(2)29-22-20-21(26-9-25-20)27-10-28-22)18(19(11)30-36(3,33)34)16-6-14(24)5-4-13(16)8-35(31)32/h4-7,9-10,12,30,35H,8H2,1-3H3,(H2,25,26,27,28,29). The molecule has 2 heterocycles. The van der Waals surface area contributed by atoms with Gasteiger partial charge in [-0.3, -0.25) is 4.72 Å². The lowest BCUT2D eigenvalue weighted by Crippen LogP contribution is -2.16. The van der Waals surface area contributed by atoms with E-state index in [9.17, 15) is 21.2 Å². The molecule has 0 bridgehead atoms. The zero-order valence-corrected chi connectivity index (χ0v) is 21.8. The summed E-state index contributed by atoms with van der Waals surface area (Å²) in [5, 5.41) is 3.48. The van der Waals surface area contributed by atoms with E-state index < -0.39 is 32.6 Å². The number of rotatable bonds is 8. The summed E-state index contributed by atoms with van der Waals surface area (Å²) in [5.74, 6) is -0.587. The van der Waals surface area contributed by atoms with E-state index in [2.05, 4.69) is 30.0 Å². The van der Waals surface area contributed by atoms with Gasteiger partial charge in [-0.2, -0.15) is 0 Å². The Labute approximate surface area is 213 Å². The van der Waals surface area contributed by atoms with E-state index in [-0.39, 0.29) is 22.0 Å². The van der Waals surface area contributed by atoms with Crippen molar-refractivity contribution < 1.29 is 21.2 Å². The minimum absolute atomic E-state index is 0.120. The normalized spacial score (nSPS) is 12.7. The summed E-state index contributed by atoms with van der Waals surface area (Å²) in [6.07, 6.45) is 3.81. The molecular formula is C22H22ClFN6O4S2. The number of thiol groups is 1. The molecule has 0 saturated carbocycles. The molecule has 0 aliphatic rings. The molecule has 0 fully saturated rings. The Morgan fingerprint density at radius 2 is 1.94 bits per heavy atom. The Morgan fingerprint density at radius 1 is 1.19 bits per heavy atom. The second kappa shape index (κ2) is 9.99. The maximum absolute atomic E-state index is 14.5. The monoisotopic (exact) mass is 552 g/mol. The Morgan fingerprint density at radius 3 is 2.64 bits per heavy atom. The van der Waals surface area contributed by atoms with Gasteiger partial charge in [0.1, 0.15) is 28.4 Å². The predicted octanol–water partition coefficient (Wildman–Crippen LogP) is 3.78. The molecule has 0 saturated heterocycles. The number of H-pyrrole nitrogens is 1. The fourth-order valence-corrected chi connectivity index (χ4v) is 5.32. The molecule has 4 aromatic rings. The summed E-state index contributed by atoms with van der Waals surface area (Å²) in [6, 6.07) is 4.76. The smallest absolute Gasteiger partial charge is 0.229 e. The first-order chi connectivity index (χ1) is 16.9. The highest BCUT2D eigenvalue weighted by Crippen LogP contribution is 2.43. The molecule has 10 nitrogen and oxygen atoms in total. The zero-order valence-electron chi connectivity index (χ0n) is 19.3. The molecule has 0 radical (unpaired) electrons. The molecule has 1 atom stereocenters. The summed E-state index contributed by atoms with van der Waals surface area (Å²) in [7, 11) is -6.65. The van der Waals surface area contributed by atoms with Crippen molar-refractivity contribution in [2.45, 2.75) is 25.6 Å². The molecule has 1 unspecified atom stereocenters. The Kier molecular flexibility index (Phi) is 7.16.